The second-order valence-electron chi connectivity index (χ2n) is 5.84. The lowest BCUT2D eigenvalue weighted by molar-refractivity contribution is -0.139. The highest BCUT2D eigenvalue weighted by atomic mass is 19.2. The molecule has 0 saturated carbocycles. The summed E-state index contributed by atoms with van der Waals surface area (Å²) in [6.07, 6.45) is 0.0616. The summed E-state index contributed by atoms with van der Waals surface area (Å²) in [5, 5.41) is 13.7. The quantitative estimate of drug-likeness (QED) is 0.736. The van der Waals surface area contributed by atoms with Crippen molar-refractivity contribution in [3.63, 3.8) is 0 Å². The van der Waals surface area contributed by atoms with Crippen molar-refractivity contribution in [1.29, 1.82) is 0 Å². The van der Waals surface area contributed by atoms with E-state index in [0.29, 0.717) is 0 Å². The number of rotatable bonds is 5. The van der Waals surface area contributed by atoms with Crippen molar-refractivity contribution >= 4 is 22.6 Å². The van der Waals surface area contributed by atoms with Gasteiger partial charge in [0.05, 0.1) is 0 Å². The number of carboxylic acid groups (broad SMARTS) is 1. The van der Waals surface area contributed by atoms with Gasteiger partial charge in [0.2, 0.25) is 0 Å². The van der Waals surface area contributed by atoms with Crippen LogP contribution in [0.5, 0.6) is 0 Å². The Morgan fingerprint density at radius 1 is 0.962 bits per heavy atom. The second kappa shape index (κ2) is 7.31. The van der Waals surface area contributed by atoms with Gasteiger partial charge in [-0.15, -0.1) is 0 Å². The van der Waals surface area contributed by atoms with Gasteiger partial charge in [-0.25, -0.2) is 13.6 Å². The molecule has 0 aromatic heterocycles. The van der Waals surface area contributed by atoms with Crippen LogP contribution in [0.4, 0.5) is 8.78 Å². The van der Waals surface area contributed by atoms with E-state index in [-0.39, 0.29) is 12.0 Å². The number of halogens is 2. The molecular weight excluding hydrogens is 340 g/mol. The van der Waals surface area contributed by atoms with E-state index in [2.05, 4.69) is 5.32 Å². The molecule has 0 bridgehead atoms. The van der Waals surface area contributed by atoms with Crippen molar-refractivity contribution in [2.24, 2.45) is 0 Å². The lowest BCUT2D eigenvalue weighted by Gasteiger charge is -2.16. The molecule has 132 valence electrons. The number of amides is 1. The first-order valence-corrected chi connectivity index (χ1v) is 7.91. The molecule has 3 aromatic rings. The van der Waals surface area contributed by atoms with E-state index in [9.17, 15) is 23.5 Å². The highest BCUT2D eigenvalue weighted by Gasteiger charge is 2.22. The fraction of sp³-hybridized carbons (Fsp3) is 0.100. The Labute approximate surface area is 148 Å². The van der Waals surface area contributed by atoms with Gasteiger partial charge in [0.25, 0.3) is 5.91 Å². The van der Waals surface area contributed by atoms with Crippen LogP contribution in [-0.4, -0.2) is 23.0 Å². The molecule has 0 unspecified atom stereocenters. The molecule has 4 nitrogen and oxygen atoms in total. The third-order valence-corrected chi connectivity index (χ3v) is 4.09. The molecule has 0 spiro atoms. The molecule has 1 amide bonds. The Kier molecular flexibility index (Phi) is 4.93. The average molecular weight is 355 g/mol. The number of hydrogen-bond donors (Lipinski definition) is 2. The minimum Gasteiger partial charge on any atom is -0.480 e. The molecule has 2 N–H and O–H groups in total. The fourth-order valence-electron chi connectivity index (χ4n) is 2.77. The largest absolute Gasteiger partial charge is 0.480 e. The minimum absolute atomic E-state index is 0.0616. The Morgan fingerprint density at radius 2 is 1.69 bits per heavy atom. The van der Waals surface area contributed by atoms with Crippen LogP contribution in [0.1, 0.15) is 15.9 Å². The van der Waals surface area contributed by atoms with Gasteiger partial charge in [-0.05, 0) is 34.5 Å². The molecule has 1 atom stereocenters. The number of nitrogens with one attached hydrogen (secondary N) is 1. The highest BCUT2D eigenvalue weighted by molar-refractivity contribution is 5.97. The van der Waals surface area contributed by atoms with Crippen LogP contribution in [0.3, 0.4) is 0 Å². The molecule has 0 aliphatic carbocycles. The van der Waals surface area contributed by atoms with E-state index < -0.39 is 29.6 Å². The van der Waals surface area contributed by atoms with Crippen LogP contribution < -0.4 is 5.32 Å². The number of carboxylic acids is 1. The van der Waals surface area contributed by atoms with Crippen molar-refractivity contribution in [3.05, 3.63) is 83.4 Å². The zero-order valence-corrected chi connectivity index (χ0v) is 13.6. The number of fused-ring (bicyclic) bond motifs is 1. The van der Waals surface area contributed by atoms with Crippen LogP contribution >= 0.6 is 0 Å². The number of hydrogen-bond acceptors (Lipinski definition) is 2. The Hall–Kier alpha value is -3.28. The van der Waals surface area contributed by atoms with E-state index in [1.54, 1.807) is 6.07 Å². The number of aliphatic carboxylic acids is 1. The Morgan fingerprint density at radius 3 is 2.42 bits per heavy atom. The van der Waals surface area contributed by atoms with Gasteiger partial charge in [-0.1, -0.05) is 42.5 Å². The summed E-state index contributed by atoms with van der Waals surface area (Å²) < 4.78 is 26.3. The molecule has 0 saturated heterocycles. The summed E-state index contributed by atoms with van der Waals surface area (Å²) in [5.41, 5.74) is 0.620. The molecule has 0 radical (unpaired) electrons. The lowest BCUT2D eigenvalue weighted by Crippen LogP contribution is -2.42. The van der Waals surface area contributed by atoms with Crippen LogP contribution in [0.2, 0.25) is 0 Å². The molecule has 0 heterocycles. The maximum absolute atomic E-state index is 13.3. The molecule has 3 rings (SSSR count). The van der Waals surface area contributed by atoms with Gasteiger partial charge in [0, 0.05) is 12.0 Å². The van der Waals surface area contributed by atoms with E-state index in [0.717, 1.165) is 34.5 Å². The predicted octanol–water partition coefficient (Wildman–Crippen LogP) is 3.54. The Bertz CT molecular complexity index is 982. The maximum Gasteiger partial charge on any atom is 0.326 e. The van der Waals surface area contributed by atoms with Crippen LogP contribution in [-0.2, 0) is 11.2 Å². The average Bonchev–Trinajstić information content (AvgIpc) is 2.63. The summed E-state index contributed by atoms with van der Waals surface area (Å²) in [6.45, 7) is 0. The number of carbonyl (C=O) groups excluding carboxylic acids is 1. The summed E-state index contributed by atoms with van der Waals surface area (Å²) in [4.78, 5) is 23.8. The third kappa shape index (κ3) is 3.69. The summed E-state index contributed by atoms with van der Waals surface area (Å²) in [5.74, 6) is -4.24. The summed E-state index contributed by atoms with van der Waals surface area (Å²) in [7, 11) is 0. The lowest BCUT2D eigenvalue weighted by atomic mass is 9.98. The molecule has 0 aliphatic rings. The standard InChI is InChI=1S/C20H15F2NO3/c21-16-9-8-14(10-17(16)22)19(24)23-18(20(25)26)11-13-6-3-5-12-4-1-2-7-15(12)13/h1-10,18H,11H2,(H,23,24)(H,25,26)/t18-/m1/s1. The van der Waals surface area contributed by atoms with Crippen molar-refractivity contribution < 1.29 is 23.5 Å². The maximum atomic E-state index is 13.3. The predicted molar refractivity (Wildman–Crippen MR) is 92.9 cm³/mol. The first-order chi connectivity index (χ1) is 12.5. The van der Waals surface area contributed by atoms with Crippen molar-refractivity contribution in [3.8, 4) is 0 Å². The topological polar surface area (TPSA) is 66.4 Å². The third-order valence-electron chi connectivity index (χ3n) is 4.09. The van der Waals surface area contributed by atoms with Crippen molar-refractivity contribution in [2.45, 2.75) is 12.5 Å². The van der Waals surface area contributed by atoms with Crippen molar-refractivity contribution in [2.75, 3.05) is 0 Å². The summed E-state index contributed by atoms with van der Waals surface area (Å²) >= 11 is 0. The SMILES string of the molecule is O=C(N[C@H](Cc1cccc2ccccc12)C(=O)O)c1ccc(F)c(F)c1. The molecule has 0 fully saturated rings. The highest BCUT2D eigenvalue weighted by Crippen LogP contribution is 2.20. The van der Waals surface area contributed by atoms with Crippen molar-refractivity contribution in [1.82, 2.24) is 5.32 Å². The van der Waals surface area contributed by atoms with Crippen LogP contribution in [0.15, 0.2) is 60.7 Å². The van der Waals surface area contributed by atoms with Crippen LogP contribution in [0.25, 0.3) is 10.8 Å². The van der Waals surface area contributed by atoms with Gasteiger partial charge >= 0.3 is 5.97 Å². The second-order valence-corrected chi connectivity index (χ2v) is 5.84. The van der Waals surface area contributed by atoms with Gasteiger partial charge in [0.1, 0.15) is 6.04 Å². The van der Waals surface area contributed by atoms with Gasteiger partial charge in [-0.2, -0.15) is 0 Å². The first-order valence-electron chi connectivity index (χ1n) is 7.91. The van der Waals surface area contributed by atoms with Gasteiger partial charge in [0.15, 0.2) is 11.6 Å². The fourth-order valence-corrected chi connectivity index (χ4v) is 2.77. The van der Waals surface area contributed by atoms with Gasteiger partial charge < -0.3 is 10.4 Å². The summed E-state index contributed by atoms with van der Waals surface area (Å²) in [6, 6.07) is 14.5. The zero-order chi connectivity index (χ0) is 18.7. The molecule has 26 heavy (non-hydrogen) atoms. The molecule has 3 aromatic carbocycles. The molecule has 0 aliphatic heterocycles. The van der Waals surface area contributed by atoms with E-state index >= 15 is 0 Å². The minimum atomic E-state index is -1.21. The monoisotopic (exact) mass is 355 g/mol. The zero-order valence-electron chi connectivity index (χ0n) is 13.6. The first kappa shape index (κ1) is 17.5. The Balaban J connectivity index is 1.84. The van der Waals surface area contributed by atoms with E-state index in [1.165, 1.54) is 0 Å². The number of benzene rings is 3. The van der Waals surface area contributed by atoms with E-state index in [4.69, 9.17) is 0 Å². The van der Waals surface area contributed by atoms with Gasteiger partial charge in [-0.3, -0.25) is 4.79 Å². The van der Waals surface area contributed by atoms with Crippen LogP contribution in [0, 0.1) is 11.6 Å². The molecule has 6 heteroatoms. The normalized spacial score (nSPS) is 11.9. The smallest absolute Gasteiger partial charge is 0.326 e. The van der Waals surface area contributed by atoms with E-state index in [1.807, 2.05) is 36.4 Å². The molecular formula is C20H15F2NO3. The number of carbonyl (C=O) groups is 2.